The molecule has 0 aliphatic carbocycles. The van der Waals surface area contributed by atoms with Gasteiger partial charge < -0.3 is 20.3 Å². The van der Waals surface area contributed by atoms with Gasteiger partial charge in [0.25, 0.3) is 0 Å². The van der Waals surface area contributed by atoms with Gasteiger partial charge in [-0.25, -0.2) is 0 Å². The van der Waals surface area contributed by atoms with Crippen molar-refractivity contribution in [3.8, 4) is 0 Å². The van der Waals surface area contributed by atoms with Gasteiger partial charge in [-0.05, 0) is 32.5 Å². The second-order valence-electron chi connectivity index (χ2n) is 4.75. The maximum atomic E-state index is 12.0. The minimum atomic E-state index is -0.591. The van der Waals surface area contributed by atoms with Crippen LogP contribution in [0.15, 0.2) is 0 Å². The molecule has 0 aromatic carbocycles. The molecule has 2 N–H and O–H groups in total. The van der Waals surface area contributed by atoms with Gasteiger partial charge in [0.2, 0.25) is 5.91 Å². The zero-order valence-corrected chi connectivity index (χ0v) is 13.1. The fourth-order valence-corrected chi connectivity index (χ4v) is 2.29. The summed E-state index contributed by atoms with van der Waals surface area (Å²) in [5.41, 5.74) is 0. The van der Waals surface area contributed by atoms with Crippen molar-refractivity contribution >= 4 is 29.2 Å². The van der Waals surface area contributed by atoms with Crippen molar-refractivity contribution in [3.05, 3.63) is 0 Å². The van der Waals surface area contributed by atoms with Crippen LogP contribution in [0.1, 0.15) is 33.6 Å². The van der Waals surface area contributed by atoms with Crippen LogP contribution in [0, 0.1) is 0 Å². The lowest BCUT2D eigenvalue weighted by atomic mass is 10.1. The Hall–Kier alpha value is -1.37. The highest BCUT2D eigenvalue weighted by Crippen LogP contribution is 2.11. The van der Waals surface area contributed by atoms with Crippen LogP contribution in [0.25, 0.3) is 0 Å². The van der Waals surface area contributed by atoms with Crippen LogP contribution in [0.3, 0.4) is 0 Å². The smallest absolute Gasteiger partial charge is 0.308 e. The van der Waals surface area contributed by atoms with Gasteiger partial charge in [-0.3, -0.25) is 9.59 Å². The second-order valence-corrected chi connectivity index (χ2v) is 5.14. The van der Waals surface area contributed by atoms with E-state index in [1.54, 1.807) is 4.90 Å². The highest BCUT2D eigenvalue weighted by Gasteiger charge is 2.33. The van der Waals surface area contributed by atoms with E-state index in [-0.39, 0.29) is 24.4 Å². The van der Waals surface area contributed by atoms with Crippen molar-refractivity contribution < 1.29 is 14.3 Å². The topological polar surface area (TPSA) is 70.7 Å². The molecule has 0 radical (unpaired) electrons. The van der Waals surface area contributed by atoms with Crippen LogP contribution in [0.4, 0.5) is 0 Å². The number of esters is 1. The second kappa shape index (κ2) is 8.04. The molecule has 0 saturated carbocycles. The van der Waals surface area contributed by atoms with Crippen molar-refractivity contribution in [2.24, 2.45) is 0 Å². The third-order valence-corrected chi connectivity index (χ3v) is 3.57. The summed E-state index contributed by atoms with van der Waals surface area (Å²) in [5, 5.41) is 6.28. The number of nitrogens with zero attached hydrogens (tertiary/aromatic N) is 1. The molecule has 0 aromatic heterocycles. The molecule has 1 rings (SSSR count). The monoisotopic (exact) mass is 301 g/mol. The van der Waals surface area contributed by atoms with Crippen molar-refractivity contribution in [1.82, 2.24) is 15.5 Å². The summed E-state index contributed by atoms with van der Waals surface area (Å²) in [7, 11) is 0. The lowest BCUT2D eigenvalue weighted by Crippen LogP contribution is -2.59. The van der Waals surface area contributed by atoms with Gasteiger partial charge >= 0.3 is 5.97 Å². The molecule has 1 saturated heterocycles. The Labute approximate surface area is 125 Å². The Morgan fingerprint density at radius 3 is 2.90 bits per heavy atom. The molecule has 1 amide bonds. The third-order valence-electron chi connectivity index (χ3n) is 3.19. The van der Waals surface area contributed by atoms with E-state index in [9.17, 15) is 9.59 Å². The van der Waals surface area contributed by atoms with E-state index in [1.807, 2.05) is 20.8 Å². The predicted molar refractivity (Wildman–Crippen MR) is 80.2 cm³/mol. The van der Waals surface area contributed by atoms with Crippen molar-refractivity contribution in [1.29, 1.82) is 0 Å². The molecule has 20 heavy (non-hydrogen) atoms. The average Bonchev–Trinajstić information content (AvgIpc) is 2.41. The molecule has 0 spiro atoms. The van der Waals surface area contributed by atoms with E-state index < -0.39 is 6.04 Å². The summed E-state index contributed by atoms with van der Waals surface area (Å²) >= 11 is 5.25. The normalized spacial score (nSPS) is 20.1. The van der Waals surface area contributed by atoms with Gasteiger partial charge in [0, 0.05) is 19.6 Å². The van der Waals surface area contributed by atoms with Crippen LogP contribution < -0.4 is 10.6 Å². The summed E-state index contributed by atoms with van der Waals surface area (Å²) < 4.78 is 5.23. The van der Waals surface area contributed by atoms with Crippen LogP contribution in [-0.4, -0.2) is 53.7 Å². The van der Waals surface area contributed by atoms with Gasteiger partial charge in [0.1, 0.15) is 6.04 Å². The number of carbonyl (C=O) groups excluding carboxylic acids is 2. The van der Waals surface area contributed by atoms with Gasteiger partial charge in [-0.1, -0.05) is 6.92 Å². The largest absolute Gasteiger partial charge is 0.463 e. The maximum Gasteiger partial charge on any atom is 0.308 e. The average molecular weight is 301 g/mol. The molecular weight excluding hydrogens is 278 g/mol. The zero-order chi connectivity index (χ0) is 15.1. The Morgan fingerprint density at radius 1 is 1.60 bits per heavy atom. The first-order valence-corrected chi connectivity index (χ1v) is 7.42. The van der Waals surface area contributed by atoms with E-state index in [2.05, 4.69) is 10.6 Å². The van der Waals surface area contributed by atoms with Gasteiger partial charge in [-0.15, -0.1) is 0 Å². The summed E-state index contributed by atoms with van der Waals surface area (Å²) in [4.78, 5) is 25.6. The van der Waals surface area contributed by atoms with Crippen molar-refractivity contribution in [2.45, 2.75) is 45.8 Å². The number of hydrogen-bond acceptors (Lipinski definition) is 4. The molecule has 114 valence electrons. The van der Waals surface area contributed by atoms with E-state index >= 15 is 0 Å². The molecule has 1 aliphatic heterocycles. The number of rotatable bonds is 5. The van der Waals surface area contributed by atoms with E-state index in [0.29, 0.717) is 24.7 Å². The summed E-state index contributed by atoms with van der Waals surface area (Å²) in [5.74, 6) is -0.552. The first-order chi connectivity index (χ1) is 9.49. The predicted octanol–water partition coefficient (Wildman–Crippen LogP) is 0.413. The number of amides is 1. The number of hydrogen-bond donors (Lipinski definition) is 2. The van der Waals surface area contributed by atoms with E-state index in [4.69, 9.17) is 17.0 Å². The quantitative estimate of drug-likeness (QED) is 0.566. The minimum Gasteiger partial charge on any atom is -0.463 e. The summed E-state index contributed by atoms with van der Waals surface area (Å²) in [6, 6.07) is -0.591. The lowest BCUT2D eigenvalue weighted by Gasteiger charge is -2.36. The Kier molecular flexibility index (Phi) is 6.70. The molecule has 0 aromatic rings. The highest BCUT2D eigenvalue weighted by molar-refractivity contribution is 7.80. The molecule has 7 heteroatoms. The Balaban J connectivity index is 2.67. The van der Waals surface area contributed by atoms with Gasteiger partial charge in [-0.2, -0.15) is 0 Å². The lowest BCUT2D eigenvalue weighted by molar-refractivity contribution is -0.151. The molecular formula is C13H23N3O3S. The summed E-state index contributed by atoms with van der Waals surface area (Å²) in [6.45, 7) is 7.52. The van der Waals surface area contributed by atoms with Crippen molar-refractivity contribution in [2.75, 3.05) is 19.6 Å². The van der Waals surface area contributed by atoms with Gasteiger partial charge in [0.05, 0.1) is 12.5 Å². The fourth-order valence-electron chi connectivity index (χ4n) is 1.93. The highest BCUT2D eigenvalue weighted by atomic mass is 32.1. The zero-order valence-electron chi connectivity index (χ0n) is 12.3. The Morgan fingerprint density at radius 2 is 2.30 bits per heavy atom. The molecule has 2 unspecified atom stereocenters. The SMILES string of the molecule is CCNC(=S)N1CCNC(=O)C1CC(=O)OC(C)CC. The van der Waals surface area contributed by atoms with Crippen LogP contribution in [0.5, 0.6) is 0 Å². The minimum absolute atomic E-state index is 0.0156. The number of carbonyl (C=O) groups is 2. The first-order valence-electron chi connectivity index (χ1n) is 7.01. The molecule has 1 heterocycles. The molecule has 0 bridgehead atoms. The number of thiocarbonyl (C=S) groups is 1. The van der Waals surface area contributed by atoms with E-state index in [0.717, 1.165) is 6.42 Å². The number of nitrogens with one attached hydrogen (secondary N) is 2. The van der Waals surface area contributed by atoms with E-state index in [1.165, 1.54) is 0 Å². The Bertz CT molecular complexity index is 376. The standard InChI is InChI=1S/C13H23N3O3S/c1-4-9(3)19-11(17)8-10-12(18)15-6-7-16(10)13(20)14-5-2/h9-10H,4-8H2,1-3H3,(H,14,20)(H,15,18). The fraction of sp³-hybridized carbons (Fsp3) is 0.769. The number of ether oxygens (including phenoxy) is 1. The van der Waals surface area contributed by atoms with Crippen molar-refractivity contribution in [3.63, 3.8) is 0 Å². The molecule has 2 atom stereocenters. The molecule has 1 fully saturated rings. The van der Waals surface area contributed by atoms with Gasteiger partial charge in [0.15, 0.2) is 5.11 Å². The van der Waals surface area contributed by atoms with Crippen LogP contribution in [-0.2, 0) is 14.3 Å². The number of piperazine rings is 1. The third kappa shape index (κ3) is 4.63. The molecule has 1 aliphatic rings. The maximum absolute atomic E-state index is 12.0. The molecule has 6 nitrogen and oxygen atoms in total. The van der Waals surface area contributed by atoms with Crippen LogP contribution in [0.2, 0.25) is 0 Å². The van der Waals surface area contributed by atoms with Crippen LogP contribution >= 0.6 is 12.2 Å². The first kappa shape index (κ1) is 16.7. The summed E-state index contributed by atoms with van der Waals surface area (Å²) in [6.07, 6.45) is 0.632.